The summed E-state index contributed by atoms with van der Waals surface area (Å²) in [6.45, 7) is 1.34. The Morgan fingerprint density at radius 2 is 1.30 bits per heavy atom. The molecule has 0 aromatic heterocycles. The van der Waals surface area contributed by atoms with Gasteiger partial charge in [0.1, 0.15) is 17.5 Å². The fourth-order valence-electron chi connectivity index (χ4n) is 1.81. The number of hydrogen-bond acceptors (Lipinski definition) is 0. The number of halogens is 6. The van der Waals surface area contributed by atoms with Crippen LogP contribution in [0.3, 0.4) is 0 Å². The second kappa shape index (κ2) is 5.23. The first-order valence-corrected chi connectivity index (χ1v) is 5.57. The highest BCUT2D eigenvalue weighted by Crippen LogP contribution is 2.11. The first-order chi connectivity index (χ1) is 9.31. The van der Waals surface area contributed by atoms with Crippen LogP contribution in [0.2, 0.25) is 0 Å². The first-order valence-electron chi connectivity index (χ1n) is 5.57. The Hall–Kier alpha value is -1.92. The maximum absolute atomic E-state index is 13.5. The molecule has 2 aromatic rings. The van der Waals surface area contributed by atoms with Crippen molar-refractivity contribution in [3.05, 3.63) is 58.7 Å². The summed E-state index contributed by atoms with van der Waals surface area (Å²) in [5.74, 6) is -8.37. The van der Waals surface area contributed by atoms with E-state index < -0.39 is 47.6 Å². The molecule has 0 heterocycles. The second-order valence-electron chi connectivity index (χ2n) is 4.32. The maximum atomic E-state index is 13.5. The molecule has 0 aliphatic carbocycles. The monoisotopic (exact) mass is 288 g/mol. The summed E-state index contributed by atoms with van der Waals surface area (Å²) in [6.07, 6.45) is 0. The molecule has 0 radical (unpaired) electrons. The zero-order valence-electron chi connectivity index (χ0n) is 10.2. The summed E-state index contributed by atoms with van der Waals surface area (Å²) in [5.41, 5.74) is -0.952. The molecule has 0 unspecified atom stereocenters. The zero-order valence-corrected chi connectivity index (χ0v) is 10.2. The van der Waals surface area contributed by atoms with Crippen LogP contribution in [0.25, 0.3) is 0 Å². The lowest BCUT2D eigenvalue weighted by Crippen LogP contribution is -2.35. The van der Waals surface area contributed by atoms with Gasteiger partial charge >= 0.3 is 0 Å². The molecule has 7 heteroatoms. The molecule has 0 aliphatic rings. The van der Waals surface area contributed by atoms with E-state index in [0.29, 0.717) is 6.07 Å². The maximum Gasteiger partial charge on any atom is 0.203 e. The number of rotatable bonds is 2. The predicted molar refractivity (Wildman–Crippen MR) is 63.8 cm³/mol. The third-order valence-electron chi connectivity index (χ3n) is 2.90. The van der Waals surface area contributed by atoms with Crippen LogP contribution in [0.4, 0.5) is 26.3 Å². The summed E-state index contributed by atoms with van der Waals surface area (Å²) < 4.78 is 79.3. The number of hydrogen-bond donors (Lipinski definition) is 0. The van der Waals surface area contributed by atoms with Crippen molar-refractivity contribution in [1.82, 2.24) is 0 Å². The molecular formula is C13H7BF6. The standard InChI is InChI=1S/C13H7BF6/c1-5-2-6(8(16)3-7(5)15)14-11-9(17)4-10(18)12(19)13(11)20/h2-4,14H,1H3. The molecule has 2 aromatic carbocycles. The van der Waals surface area contributed by atoms with Crippen LogP contribution in [0, 0.1) is 41.8 Å². The smallest absolute Gasteiger partial charge is 0.203 e. The SMILES string of the molecule is Cc1cc(Bc2c(F)cc(F)c(F)c2F)c(F)cc1F. The molecule has 0 saturated heterocycles. The molecule has 0 fully saturated rings. The van der Waals surface area contributed by atoms with Gasteiger partial charge in [0.2, 0.25) is 7.28 Å². The fourth-order valence-corrected chi connectivity index (χ4v) is 1.81. The predicted octanol–water partition coefficient (Wildman–Crippen LogP) is 2.22. The zero-order chi connectivity index (χ0) is 15.0. The summed E-state index contributed by atoms with van der Waals surface area (Å²) in [5, 5.41) is 0. The summed E-state index contributed by atoms with van der Waals surface area (Å²) in [4.78, 5) is 0. The van der Waals surface area contributed by atoms with Crippen LogP contribution < -0.4 is 10.9 Å². The molecule has 0 amide bonds. The van der Waals surface area contributed by atoms with E-state index in [4.69, 9.17) is 0 Å². The molecule has 20 heavy (non-hydrogen) atoms. The van der Waals surface area contributed by atoms with Crippen molar-refractivity contribution in [3.8, 4) is 0 Å². The summed E-state index contributed by atoms with van der Waals surface area (Å²) >= 11 is 0. The van der Waals surface area contributed by atoms with Gasteiger partial charge in [0.15, 0.2) is 17.5 Å². The Morgan fingerprint density at radius 3 is 1.95 bits per heavy atom. The highest BCUT2D eigenvalue weighted by Gasteiger charge is 2.21. The molecule has 2 rings (SSSR count). The topological polar surface area (TPSA) is 0 Å². The fraction of sp³-hybridized carbons (Fsp3) is 0.0769. The average molecular weight is 288 g/mol. The van der Waals surface area contributed by atoms with Crippen molar-refractivity contribution in [2.75, 3.05) is 0 Å². The van der Waals surface area contributed by atoms with Gasteiger partial charge in [-0.3, -0.25) is 0 Å². The van der Waals surface area contributed by atoms with Crippen LogP contribution >= 0.6 is 0 Å². The summed E-state index contributed by atoms with van der Waals surface area (Å²) in [7, 11) is -0.651. The molecule has 0 aliphatic heterocycles. The third kappa shape index (κ3) is 2.52. The van der Waals surface area contributed by atoms with Gasteiger partial charge in [-0.15, -0.1) is 0 Å². The highest BCUT2D eigenvalue weighted by molar-refractivity contribution is 6.67. The van der Waals surface area contributed by atoms with Gasteiger partial charge in [0.05, 0.1) is 0 Å². The summed E-state index contributed by atoms with van der Waals surface area (Å²) in [6, 6.07) is 1.81. The lowest BCUT2D eigenvalue weighted by Gasteiger charge is -2.08. The Labute approximate surface area is 111 Å². The largest absolute Gasteiger partial charge is 0.207 e. The molecule has 104 valence electrons. The van der Waals surface area contributed by atoms with E-state index in [1.54, 1.807) is 0 Å². The minimum Gasteiger partial charge on any atom is -0.207 e. The minimum atomic E-state index is -1.83. The van der Waals surface area contributed by atoms with Crippen molar-refractivity contribution in [1.29, 1.82) is 0 Å². The van der Waals surface area contributed by atoms with Crippen LogP contribution in [0.5, 0.6) is 0 Å². The van der Waals surface area contributed by atoms with E-state index in [-0.39, 0.29) is 17.1 Å². The van der Waals surface area contributed by atoms with E-state index in [0.717, 1.165) is 6.07 Å². The van der Waals surface area contributed by atoms with Gasteiger partial charge < -0.3 is 0 Å². The Kier molecular flexibility index (Phi) is 3.79. The lowest BCUT2D eigenvalue weighted by molar-refractivity contribution is 0.440. The third-order valence-corrected chi connectivity index (χ3v) is 2.90. The minimum absolute atomic E-state index is 0.0739. The van der Waals surface area contributed by atoms with Gasteiger partial charge in [-0.1, -0.05) is 6.07 Å². The molecule has 0 nitrogen and oxygen atoms in total. The van der Waals surface area contributed by atoms with Crippen LogP contribution in [0.15, 0.2) is 18.2 Å². The van der Waals surface area contributed by atoms with E-state index >= 15 is 0 Å². The van der Waals surface area contributed by atoms with Gasteiger partial charge in [0, 0.05) is 12.1 Å². The van der Waals surface area contributed by atoms with Crippen LogP contribution in [-0.2, 0) is 0 Å². The Morgan fingerprint density at radius 1 is 0.700 bits per heavy atom. The van der Waals surface area contributed by atoms with Crippen molar-refractivity contribution in [2.24, 2.45) is 0 Å². The van der Waals surface area contributed by atoms with Crippen molar-refractivity contribution >= 4 is 18.2 Å². The number of benzene rings is 2. The average Bonchev–Trinajstić information content (AvgIpc) is 2.38. The number of aryl methyl sites for hydroxylation is 1. The normalized spacial score (nSPS) is 10.8. The quantitative estimate of drug-likeness (QED) is 0.344. The van der Waals surface area contributed by atoms with Gasteiger partial charge in [-0.2, -0.15) is 0 Å². The lowest BCUT2D eigenvalue weighted by atomic mass is 9.63. The van der Waals surface area contributed by atoms with E-state index in [2.05, 4.69) is 0 Å². The van der Waals surface area contributed by atoms with Crippen molar-refractivity contribution < 1.29 is 26.3 Å². The molecular weight excluding hydrogens is 281 g/mol. The van der Waals surface area contributed by atoms with E-state index in [1.807, 2.05) is 0 Å². The molecule has 0 atom stereocenters. The van der Waals surface area contributed by atoms with Crippen LogP contribution in [0.1, 0.15) is 5.56 Å². The van der Waals surface area contributed by atoms with Crippen molar-refractivity contribution in [2.45, 2.75) is 6.92 Å². The molecule has 0 N–H and O–H groups in total. The first kappa shape index (κ1) is 14.5. The highest BCUT2D eigenvalue weighted by atomic mass is 19.2. The van der Waals surface area contributed by atoms with Gasteiger partial charge in [0.25, 0.3) is 0 Å². The molecule has 0 spiro atoms. The van der Waals surface area contributed by atoms with Gasteiger partial charge in [-0.25, -0.2) is 26.3 Å². The Bertz CT molecular complexity index is 683. The Balaban J connectivity index is 2.51. The van der Waals surface area contributed by atoms with Crippen molar-refractivity contribution in [3.63, 3.8) is 0 Å². The second-order valence-corrected chi connectivity index (χ2v) is 4.32. The van der Waals surface area contributed by atoms with Gasteiger partial charge in [-0.05, 0) is 23.4 Å². The van der Waals surface area contributed by atoms with E-state index in [9.17, 15) is 26.3 Å². The van der Waals surface area contributed by atoms with E-state index in [1.165, 1.54) is 6.92 Å². The molecule has 0 bridgehead atoms. The van der Waals surface area contributed by atoms with Crippen LogP contribution in [-0.4, -0.2) is 7.28 Å². The molecule has 0 saturated carbocycles.